The maximum absolute atomic E-state index is 9.38. The maximum atomic E-state index is 9.38. The van der Waals surface area contributed by atoms with Gasteiger partial charge in [0.15, 0.2) is 0 Å². The summed E-state index contributed by atoms with van der Waals surface area (Å²) in [6, 6.07) is 0. The Kier molecular flexibility index (Phi) is 3.80. The van der Waals surface area contributed by atoms with Crippen LogP contribution in [0.25, 0.3) is 0 Å². The molecule has 0 unspecified atom stereocenters. The molecule has 4 N–H and O–H groups in total. The third-order valence-electron chi connectivity index (χ3n) is 0.187. The predicted molar refractivity (Wildman–Crippen MR) is 18.6 cm³/mol. The Hall–Kier alpha value is -0.890. The summed E-state index contributed by atoms with van der Waals surface area (Å²) in [5, 5.41) is 11.1. The van der Waals surface area contributed by atoms with Crippen LogP contribution in [0.3, 0.4) is 0 Å². The number of rotatable bonds is 3. The Morgan fingerprint density at radius 3 is 2.75 bits per heavy atom. The second-order valence-electron chi connectivity index (χ2n) is 0.618. The first-order valence-electron chi connectivity index (χ1n) is 1.46. The summed E-state index contributed by atoms with van der Waals surface area (Å²) in [5.41, 5.74) is 1.51. The number of carbonyl (C=O) groups is 1. The Morgan fingerprint density at radius 2 is 2.38 bits per heavy atom. The number of hydrazine groups is 1. The molecule has 0 rings (SSSR count). The first-order chi connectivity index (χ1) is 3.77. The maximum Gasteiger partial charge on any atom is 0.540 e. The van der Waals surface area contributed by atoms with Crippen LogP contribution >= 0.6 is 0 Å². The molecule has 48 valence electrons. The molecule has 0 aliphatic carbocycles. The zero-order chi connectivity index (χ0) is 6.41. The normalized spacial score (nSPS) is 8.62. The highest BCUT2D eigenvalue weighted by molar-refractivity contribution is 5.55. The molecule has 0 spiro atoms. The van der Waals surface area contributed by atoms with Crippen LogP contribution in [0, 0.1) is 0 Å². The van der Waals surface area contributed by atoms with Crippen molar-refractivity contribution in [1.29, 1.82) is 0 Å². The summed E-state index contributed by atoms with van der Waals surface area (Å²) < 4.78 is 0. The number of carboxylic acid groups (broad SMARTS) is 1. The highest BCUT2D eigenvalue weighted by atomic mass is 17.6. The van der Waals surface area contributed by atoms with Gasteiger partial charge >= 0.3 is 6.16 Å². The van der Waals surface area contributed by atoms with Crippen LogP contribution in [0.2, 0.25) is 0 Å². The van der Waals surface area contributed by atoms with Crippen molar-refractivity contribution in [3.05, 3.63) is 0 Å². The van der Waals surface area contributed by atoms with Crippen LogP contribution < -0.4 is 11.4 Å². The van der Waals surface area contributed by atoms with Gasteiger partial charge in [0, 0.05) is 5.04 Å². The van der Waals surface area contributed by atoms with Crippen LogP contribution in [-0.4, -0.2) is 11.3 Å². The summed E-state index contributed by atoms with van der Waals surface area (Å²) >= 11 is 0. The molecule has 0 amide bonds. The minimum absolute atomic E-state index is 1.51. The molecule has 0 bridgehead atoms. The van der Waals surface area contributed by atoms with Crippen molar-refractivity contribution in [2.24, 2.45) is 5.84 Å². The van der Waals surface area contributed by atoms with Gasteiger partial charge in [0.2, 0.25) is 0 Å². The molecule has 0 saturated carbocycles. The largest absolute Gasteiger partial charge is 0.540 e. The van der Waals surface area contributed by atoms with E-state index in [1.54, 1.807) is 0 Å². The fraction of sp³-hybridized carbons (Fsp3) is 0. The van der Waals surface area contributed by atoms with Crippen LogP contribution in [0.1, 0.15) is 0 Å². The van der Waals surface area contributed by atoms with E-state index in [0.29, 0.717) is 0 Å². The van der Waals surface area contributed by atoms with E-state index in [4.69, 9.17) is 5.11 Å². The number of hydrogen-bond donors (Lipinski definition) is 3. The molecule has 0 heterocycles. The average Bonchev–Trinajstić information content (AvgIpc) is 1.66. The van der Waals surface area contributed by atoms with Crippen LogP contribution in [0.5, 0.6) is 0 Å². The van der Waals surface area contributed by atoms with Gasteiger partial charge in [0.05, 0.1) is 0 Å². The fourth-order valence-electron chi connectivity index (χ4n) is 0.0658. The number of hydrogen-bond acceptors (Lipinski definition) is 6. The van der Waals surface area contributed by atoms with Gasteiger partial charge in [-0.1, -0.05) is 4.99 Å². The lowest BCUT2D eigenvalue weighted by Gasteiger charge is -1.93. The Labute approximate surface area is 43.7 Å². The van der Waals surface area contributed by atoms with E-state index in [1.165, 1.54) is 5.59 Å². The molecule has 0 aromatic heterocycles. The molecule has 0 fully saturated rings. The predicted octanol–water partition coefficient (Wildman–Crippen LogP) is -1.08. The molecule has 0 radical (unpaired) electrons. The molecule has 0 aromatic carbocycles. The van der Waals surface area contributed by atoms with Gasteiger partial charge in [-0.25, -0.2) is 15.5 Å². The van der Waals surface area contributed by atoms with Crippen molar-refractivity contribution in [1.82, 2.24) is 5.59 Å². The van der Waals surface area contributed by atoms with E-state index in [-0.39, 0.29) is 0 Å². The minimum atomic E-state index is -1.62. The number of nitrogens with one attached hydrogen (secondary N) is 1. The lowest BCUT2D eigenvalue weighted by atomic mass is 11.4. The first kappa shape index (κ1) is 7.11. The van der Waals surface area contributed by atoms with Crippen molar-refractivity contribution in [2.45, 2.75) is 0 Å². The smallest absolute Gasteiger partial charge is 0.448 e. The molecule has 0 aromatic rings. The van der Waals surface area contributed by atoms with Crippen molar-refractivity contribution >= 4 is 6.16 Å². The molecule has 0 aliphatic heterocycles. The quantitative estimate of drug-likeness (QED) is 0.190. The average molecular weight is 124 g/mol. The summed E-state index contributed by atoms with van der Waals surface area (Å²) in [4.78, 5) is 16.3. The monoisotopic (exact) mass is 124 g/mol. The molecular formula is CH4N2O5. The highest BCUT2D eigenvalue weighted by Gasteiger charge is 1.94. The Bertz CT molecular complexity index is 72.8. The SMILES string of the molecule is NNOOOC(=O)O. The molecule has 7 nitrogen and oxygen atoms in total. The van der Waals surface area contributed by atoms with Crippen molar-refractivity contribution in [3.8, 4) is 0 Å². The zero-order valence-corrected chi connectivity index (χ0v) is 3.66. The lowest BCUT2D eigenvalue weighted by Crippen LogP contribution is -2.23. The van der Waals surface area contributed by atoms with Crippen LogP contribution in [-0.2, 0) is 14.9 Å². The molecule has 0 atom stereocenters. The molecule has 0 aliphatic rings. The minimum Gasteiger partial charge on any atom is -0.448 e. The van der Waals surface area contributed by atoms with Gasteiger partial charge < -0.3 is 5.11 Å². The summed E-state index contributed by atoms with van der Waals surface area (Å²) in [6.45, 7) is 0. The molecule has 0 saturated heterocycles. The Balaban J connectivity index is 2.82. The molecule has 7 heteroatoms. The second kappa shape index (κ2) is 4.27. The van der Waals surface area contributed by atoms with Gasteiger partial charge in [-0.3, -0.25) is 0 Å². The molecule has 8 heavy (non-hydrogen) atoms. The highest BCUT2D eigenvalue weighted by Crippen LogP contribution is 1.75. The van der Waals surface area contributed by atoms with E-state index in [2.05, 4.69) is 20.8 Å². The Morgan fingerprint density at radius 1 is 1.75 bits per heavy atom. The summed E-state index contributed by atoms with van der Waals surface area (Å²) in [7, 11) is 0. The third kappa shape index (κ3) is 5.11. The summed E-state index contributed by atoms with van der Waals surface area (Å²) in [6.07, 6.45) is -1.62. The number of nitrogens with two attached hydrogens (primary N) is 1. The lowest BCUT2D eigenvalue weighted by molar-refractivity contribution is -0.509. The van der Waals surface area contributed by atoms with Gasteiger partial charge in [0.25, 0.3) is 0 Å². The molecular weight excluding hydrogens is 120 g/mol. The van der Waals surface area contributed by atoms with E-state index >= 15 is 0 Å². The van der Waals surface area contributed by atoms with E-state index in [0.717, 1.165) is 0 Å². The zero-order valence-electron chi connectivity index (χ0n) is 3.66. The third-order valence-corrected chi connectivity index (χ3v) is 0.187. The van der Waals surface area contributed by atoms with Crippen LogP contribution in [0.4, 0.5) is 4.79 Å². The van der Waals surface area contributed by atoms with Crippen molar-refractivity contribution < 1.29 is 24.8 Å². The second-order valence-corrected chi connectivity index (χ2v) is 0.618. The van der Waals surface area contributed by atoms with E-state index in [1.807, 2.05) is 0 Å². The standard InChI is InChI=1S/CH4N2O5/c2-3-7-8-6-1(4)5/h3H,2H2,(H,4,5). The van der Waals surface area contributed by atoms with E-state index in [9.17, 15) is 4.79 Å². The van der Waals surface area contributed by atoms with Crippen LogP contribution in [0.15, 0.2) is 0 Å². The van der Waals surface area contributed by atoms with Crippen molar-refractivity contribution in [3.63, 3.8) is 0 Å². The topological polar surface area (TPSA) is 103 Å². The van der Waals surface area contributed by atoms with Gasteiger partial charge in [-0.05, 0) is 0 Å². The first-order valence-corrected chi connectivity index (χ1v) is 1.46. The van der Waals surface area contributed by atoms with Crippen molar-refractivity contribution in [2.75, 3.05) is 0 Å². The fourth-order valence-corrected chi connectivity index (χ4v) is 0.0658. The van der Waals surface area contributed by atoms with Gasteiger partial charge in [0.1, 0.15) is 0 Å². The summed E-state index contributed by atoms with van der Waals surface area (Å²) in [5.74, 6) is 4.44. The van der Waals surface area contributed by atoms with E-state index < -0.39 is 6.16 Å². The van der Waals surface area contributed by atoms with Gasteiger partial charge in [-0.2, -0.15) is 0 Å². The van der Waals surface area contributed by atoms with Gasteiger partial charge in [-0.15, -0.1) is 5.59 Å².